The molecule has 30 heavy (non-hydrogen) atoms. The molecule has 2 aliphatic rings. The average Bonchev–Trinajstić information content (AvgIpc) is 3.18. The molecule has 0 atom stereocenters. The van der Waals surface area contributed by atoms with Crippen molar-refractivity contribution in [1.82, 2.24) is 19.9 Å². The second-order valence-corrected chi connectivity index (χ2v) is 8.03. The lowest BCUT2D eigenvalue weighted by Gasteiger charge is -2.35. The summed E-state index contributed by atoms with van der Waals surface area (Å²) in [4.78, 5) is 20.6. The zero-order chi connectivity index (χ0) is 20.5. The fourth-order valence-electron chi connectivity index (χ4n) is 4.20. The number of piperazine rings is 1. The zero-order valence-corrected chi connectivity index (χ0v) is 17.7. The largest absolute Gasteiger partial charge is 0.439 e. The van der Waals surface area contributed by atoms with Crippen LogP contribution in [0.15, 0.2) is 28.9 Å². The molecule has 0 bridgehead atoms. The van der Waals surface area contributed by atoms with E-state index in [1.165, 1.54) is 11.3 Å². The second-order valence-electron chi connectivity index (χ2n) is 8.03. The van der Waals surface area contributed by atoms with Crippen LogP contribution in [0.3, 0.4) is 0 Å². The predicted molar refractivity (Wildman–Crippen MR) is 116 cm³/mol. The van der Waals surface area contributed by atoms with E-state index in [1.54, 1.807) is 6.33 Å². The summed E-state index contributed by atoms with van der Waals surface area (Å²) in [5.74, 6) is 1.84. The van der Waals surface area contributed by atoms with Gasteiger partial charge in [0.15, 0.2) is 5.58 Å². The summed E-state index contributed by atoms with van der Waals surface area (Å²) in [6, 6.07) is 6.30. The van der Waals surface area contributed by atoms with Crippen LogP contribution in [0.2, 0.25) is 0 Å². The SMILES string of the molecule is Cc1ncnc(N2CCN(Cc3nc4ccc(N5CCOCC5)cc4o3)CC2)c1C. The average molecular weight is 409 g/mol. The van der Waals surface area contributed by atoms with Crippen molar-refractivity contribution >= 4 is 22.6 Å². The Morgan fingerprint density at radius 3 is 2.53 bits per heavy atom. The molecule has 2 aliphatic heterocycles. The van der Waals surface area contributed by atoms with Crippen LogP contribution < -0.4 is 9.80 Å². The number of nitrogens with zero attached hydrogens (tertiary/aromatic N) is 6. The minimum absolute atomic E-state index is 0.733. The highest BCUT2D eigenvalue weighted by Crippen LogP contribution is 2.25. The van der Waals surface area contributed by atoms with E-state index in [0.29, 0.717) is 0 Å². The number of morpholine rings is 1. The van der Waals surface area contributed by atoms with Crippen molar-refractivity contribution in [3.8, 4) is 0 Å². The molecule has 0 saturated carbocycles. The Morgan fingerprint density at radius 1 is 0.933 bits per heavy atom. The maximum atomic E-state index is 6.10. The van der Waals surface area contributed by atoms with Crippen molar-refractivity contribution < 1.29 is 9.15 Å². The molecule has 0 spiro atoms. The standard InChI is InChI=1S/C22H28N6O2/c1-16-17(2)23-15-24-22(16)28-7-5-26(6-8-28)14-21-25-19-4-3-18(13-20(19)30-21)27-9-11-29-12-10-27/h3-4,13,15H,5-12,14H2,1-2H3. The maximum absolute atomic E-state index is 6.10. The van der Waals surface area contributed by atoms with Crippen molar-refractivity contribution in [3.05, 3.63) is 41.7 Å². The van der Waals surface area contributed by atoms with Gasteiger partial charge in [0, 0.05) is 62.3 Å². The molecule has 2 saturated heterocycles. The molecule has 1 aromatic carbocycles. The number of rotatable bonds is 4. The van der Waals surface area contributed by atoms with Crippen LogP contribution in [0.1, 0.15) is 17.1 Å². The molecule has 158 valence electrons. The van der Waals surface area contributed by atoms with Crippen LogP contribution in [0.5, 0.6) is 0 Å². The summed E-state index contributed by atoms with van der Waals surface area (Å²) in [6.45, 7) is 12.1. The number of hydrogen-bond acceptors (Lipinski definition) is 8. The van der Waals surface area contributed by atoms with Crippen molar-refractivity contribution in [2.75, 3.05) is 62.3 Å². The van der Waals surface area contributed by atoms with E-state index in [-0.39, 0.29) is 0 Å². The lowest BCUT2D eigenvalue weighted by molar-refractivity contribution is 0.122. The first-order valence-electron chi connectivity index (χ1n) is 10.6. The van der Waals surface area contributed by atoms with E-state index in [2.05, 4.69) is 49.8 Å². The Bertz CT molecular complexity index is 1020. The minimum Gasteiger partial charge on any atom is -0.439 e. The van der Waals surface area contributed by atoms with Crippen LogP contribution >= 0.6 is 0 Å². The van der Waals surface area contributed by atoms with E-state index in [9.17, 15) is 0 Å². The lowest BCUT2D eigenvalue weighted by Crippen LogP contribution is -2.46. The quantitative estimate of drug-likeness (QED) is 0.652. The van der Waals surface area contributed by atoms with E-state index >= 15 is 0 Å². The van der Waals surface area contributed by atoms with E-state index in [0.717, 1.165) is 87.5 Å². The first-order valence-corrected chi connectivity index (χ1v) is 10.6. The summed E-state index contributed by atoms with van der Waals surface area (Å²) in [6.07, 6.45) is 1.66. The van der Waals surface area contributed by atoms with Gasteiger partial charge < -0.3 is 19.0 Å². The number of aromatic nitrogens is 3. The fourth-order valence-corrected chi connectivity index (χ4v) is 4.20. The van der Waals surface area contributed by atoms with E-state index < -0.39 is 0 Å². The van der Waals surface area contributed by atoms with E-state index in [4.69, 9.17) is 14.1 Å². The number of fused-ring (bicyclic) bond motifs is 1. The first-order chi connectivity index (χ1) is 14.7. The highest BCUT2D eigenvalue weighted by Gasteiger charge is 2.22. The van der Waals surface area contributed by atoms with E-state index in [1.807, 2.05) is 6.92 Å². The Kier molecular flexibility index (Phi) is 5.26. The van der Waals surface area contributed by atoms with Gasteiger partial charge >= 0.3 is 0 Å². The van der Waals surface area contributed by atoms with Crippen LogP contribution in [-0.2, 0) is 11.3 Å². The highest BCUT2D eigenvalue weighted by atomic mass is 16.5. The molecule has 5 rings (SSSR count). The van der Waals surface area contributed by atoms with Gasteiger partial charge in [0.25, 0.3) is 0 Å². The van der Waals surface area contributed by atoms with Gasteiger partial charge in [-0.15, -0.1) is 0 Å². The normalized spacial score (nSPS) is 18.3. The van der Waals surface area contributed by atoms with Gasteiger partial charge in [0.2, 0.25) is 5.89 Å². The number of ether oxygens (including phenoxy) is 1. The molecule has 8 heteroatoms. The molecule has 0 unspecified atom stereocenters. The summed E-state index contributed by atoms with van der Waals surface area (Å²) in [7, 11) is 0. The third-order valence-electron chi connectivity index (χ3n) is 6.13. The number of hydrogen-bond donors (Lipinski definition) is 0. The fraction of sp³-hybridized carbons (Fsp3) is 0.500. The Hall–Kier alpha value is -2.71. The van der Waals surface area contributed by atoms with Gasteiger partial charge in [-0.1, -0.05) is 0 Å². The van der Waals surface area contributed by atoms with Crippen LogP contribution in [0, 0.1) is 13.8 Å². The molecule has 2 aromatic heterocycles. The van der Waals surface area contributed by atoms with Crippen LogP contribution in [0.4, 0.5) is 11.5 Å². The summed E-state index contributed by atoms with van der Waals surface area (Å²) < 4.78 is 11.6. The molecule has 0 aliphatic carbocycles. The first kappa shape index (κ1) is 19.3. The molecule has 4 heterocycles. The molecule has 0 N–H and O–H groups in total. The van der Waals surface area contributed by atoms with Gasteiger partial charge in [-0.3, -0.25) is 4.90 Å². The lowest BCUT2D eigenvalue weighted by atomic mass is 10.2. The molecule has 2 fully saturated rings. The van der Waals surface area contributed by atoms with Crippen molar-refractivity contribution in [2.45, 2.75) is 20.4 Å². The minimum atomic E-state index is 0.733. The summed E-state index contributed by atoms with van der Waals surface area (Å²) in [5.41, 5.74) is 5.18. The zero-order valence-electron chi connectivity index (χ0n) is 17.7. The van der Waals surface area contributed by atoms with Crippen molar-refractivity contribution in [2.24, 2.45) is 0 Å². The summed E-state index contributed by atoms with van der Waals surface area (Å²) >= 11 is 0. The highest BCUT2D eigenvalue weighted by molar-refractivity contribution is 5.77. The molecule has 0 radical (unpaired) electrons. The van der Waals surface area contributed by atoms with Crippen LogP contribution in [0.25, 0.3) is 11.1 Å². The predicted octanol–water partition coefficient (Wildman–Crippen LogP) is 2.39. The molecular formula is C22H28N6O2. The molecule has 0 amide bonds. The monoisotopic (exact) mass is 408 g/mol. The molecule has 8 nitrogen and oxygen atoms in total. The van der Waals surface area contributed by atoms with Crippen molar-refractivity contribution in [3.63, 3.8) is 0 Å². The third kappa shape index (κ3) is 3.85. The number of anilines is 2. The number of aryl methyl sites for hydroxylation is 1. The molecular weight excluding hydrogens is 380 g/mol. The molecule has 3 aromatic rings. The summed E-state index contributed by atoms with van der Waals surface area (Å²) in [5, 5.41) is 0. The van der Waals surface area contributed by atoms with Crippen LogP contribution in [-0.4, -0.2) is 72.3 Å². The van der Waals surface area contributed by atoms with Gasteiger partial charge in [0.05, 0.1) is 19.8 Å². The number of oxazole rings is 1. The Morgan fingerprint density at radius 2 is 1.73 bits per heavy atom. The smallest absolute Gasteiger partial charge is 0.209 e. The topological polar surface area (TPSA) is 70.8 Å². The van der Waals surface area contributed by atoms with Crippen molar-refractivity contribution in [1.29, 1.82) is 0 Å². The Balaban J connectivity index is 1.23. The second kappa shape index (κ2) is 8.20. The third-order valence-corrected chi connectivity index (χ3v) is 6.13. The van der Waals surface area contributed by atoms with Gasteiger partial charge in [-0.25, -0.2) is 15.0 Å². The number of benzene rings is 1. The maximum Gasteiger partial charge on any atom is 0.209 e. The van der Waals surface area contributed by atoms with Gasteiger partial charge in [-0.2, -0.15) is 0 Å². The van der Waals surface area contributed by atoms with Gasteiger partial charge in [0.1, 0.15) is 17.7 Å². The Labute approximate surface area is 176 Å². The van der Waals surface area contributed by atoms with Gasteiger partial charge in [-0.05, 0) is 26.0 Å².